The zero-order valence-electron chi connectivity index (χ0n) is 15.6. The molecule has 2 rings (SSSR count). The molecule has 0 unspecified atom stereocenters. The van der Waals surface area contributed by atoms with Gasteiger partial charge in [-0.2, -0.15) is 6.92 Å². The summed E-state index contributed by atoms with van der Waals surface area (Å²) in [6.45, 7) is 4.97. The summed E-state index contributed by atoms with van der Waals surface area (Å²) >= 11 is 0. The molecule has 0 aliphatic carbocycles. The first-order valence-corrected chi connectivity index (χ1v) is 5.98. The molecule has 0 heterocycles. The van der Waals surface area contributed by atoms with Gasteiger partial charge in [0.05, 0.1) is 0 Å². The predicted molar refractivity (Wildman–Crippen MR) is 96.4 cm³/mol. The fourth-order valence-corrected chi connectivity index (χ4v) is 1.21. The number of benzene rings is 2. The minimum Gasteiger partial charge on any atom is -0.542 e. The van der Waals surface area contributed by atoms with E-state index in [1.54, 1.807) is 6.92 Å². The van der Waals surface area contributed by atoms with Gasteiger partial charge in [0.2, 0.25) is 0 Å². The van der Waals surface area contributed by atoms with E-state index in [2.05, 4.69) is 19.1 Å². The Morgan fingerprint density at radius 3 is 1.32 bits per heavy atom. The van der Waals surface area contributed by atoms with E-state index in [0.717, 1.165) is 5.56 Å². The summed E-state index contributed by atoms with van der Waals surface area (Å²) in [4.78, 5) is 19.3. The van der Waals surface area contributed by atoms with Gasteiger partial charge in [0.15, 0.2) is 5.78 Å². The van der Waals surface area contributed by atoms with Gasteiger partial charge >= 0.3 is 0 Å². The van der Waals surface area contributed by atoms with E-state index in [-0.39, 0.29) is 113 Å². The van der Waals surface area contributed by atoms with Gasteiger partial charge in [0.1, 0.15) is 0 Å². The van der Waals surface area contributed by atoms with E-state index in [1.807, 2.05) is 48.5 Å². The molecule has 0 fully saturated rings. The van der Waals surface area contributed by atoms with Crippen LogP contribution in [-0.2, 0) is 91.3 Å². The first-order valence-electron chi connectivity index (χ1n) is 5.98. The zero-order chi connectivity index (χ0) is 14.5. The molecule has 138 valence electrons. The topological polar surface area (TPSA) is 34.1 Å². The van der Waals surface area contributed by atoms with E-state index < -0.39 is 0 Å². The maximum atomic E-state index is 10.6. The second kappa shape index (κ2) is 32.3. The molecule has 0 spiro atoms. The van der Waals surface area contributed by atoms with Crippen molar-refractivity contribution < 1.29 is 102 Å². The fourth-order valence-electron chi connectivity index (χ4n) is 1.21. The Bertz CT molecular complexity index is 489. The standard InChI is InChI=1S/C8H8O.C7H8.C2H3O.2CH3.FH.W.2Y.H2/c1-7(9)8-5-3-2-4-6-8;1-7-5-3-2-4-6-7;1-2-3;;;;;;;/h2-6H,1H3;2-6H,1H3;1H3;2*1H3;1H;;;;1H/q;;3*-1;;;;;. The molecular weight excluding hydrogens is 641 g/mol. The third kappa shape index (κ3) is 29.6. The maximum Gasteiger partial charge on any atom is 0.159 e. The van der Waals surface area contributed by atoms with Crippen LogP contribution in [0.5, 0.6) is 0 Å². The van der Waals surface area contributed by atoms with E-state index in [1.165, 1.54) is 18.8 Å². The molecule has 0 atom stereocenters. The van der Waals surface area contributed by atoms with Gasteiger partial charge in [-0.3, -0.25) is 15.8 Å². The predicted octanol–water partition coefficient (Wildman–Crippen LogP) is 5.29. The molecule has 0 N–H and O–H groups in total. The van der Waals surface area contributed by atoms with Gasteiger partial charge in [-0.05, 0) is 13.8 Å². The molecule has 0 aromatic heterocycles. The molecule has 0 bridgehead atoms. The molecular formula is C19H28FO2WY2-3. The zero-order valence-corrected chi connectivity index (χ0v) is 24.2. The van der Waals surface area contributed by atoms with Crippen molar-refractivity contribution in [1.29, 1.82) is 0 Å². The van der Waals surface area contributed by atoms with Crippen molar-refractivity contribution in [3.05, 3.63) is 86.6 Å². The summed E-state index contributed by atoms with van der Waals surface area (Å²) in [5.74, 6) is 0.121. The van der Waals surface area contributed by atoms with Crippen molar-refractivity contribution in [3.63, 3.8) is 0 Å². The number of hydrogen-bond donors (Lipinski definition) is 0. The molecule has 2 radical (unpaired) electrons. The Balaban J connectivity index is -0.0000000295. The number of carbonyl (C=O) groups is 1. The Hall–Kier alpha value is 0.606. The van der Waals surface area contributed by atoms with Crippen LogP contribution in [0.1, 0.15) is 31.2 Å². The van der Waals surface area contributed by atoms with Crippen LogP contribution in [0.25, 0.3) is 0 Å². The average molecular weight is 669 g/mol. The molecule has 0 amide bonds. The van der Waals surface area contributed by atoms with Crippen molar-refractivity contribution in [2.75, 3.05) is 0 Å². The Morgan fingerprint density at radius 2 is 1.16 bits per heavy atom. The molecule has 0 aliphatic rings. The summed E-state index contributed by atoms with van der Waals surface area (Å²) in [5, 5.41) is 0. The van der Waals surface area contributed by atoms with Crippen LogP contribution in [0.3, 0.4) is 0 Å². The Morgan fingerprint density at radius 1 is 0.880 bits per heavy atom. The number of Topliss-reactive ketones (excluding diaryl/α,β-unsaturated/α-hetero) is 1. The van der Waals surface area contributed by atoms with Gasteiger partial charge in [0, 0.05) is 93.5 Å². The average Bonchev–Trinajstić information content (AvgIpc) is 2.42. The molecule has 0 saturated carbocycles. The van der Waals surface area contributed by atoms with Crippen molar-refractivity contribution in [3.8, 4) is 0 Å². The van der Waals surface area contributed by atoms with E-state index in [4.69, 9.17) is 4.79 Å². The summed E-state index contributed by atoms with van der Waals surface area (Å²) < 4.78 is 0. The van der Waals surface area contributed by atoms with Crippen LogP contribution in [-0.4, -0.2) is 12.1 Å². The number of aryl methyl sites for hydroxylation is 1. The molecule has 2 aromatic carbocycles. The number of ketones is 1. The van der Waals surface area contributed by atoms with Gasteiger partial charge in [0.25, 0.3) is 0 Å². The summed E-state index contributed by atoms with van der Waals surface area (Å²) in [6.07, 6.45) is 1.50. The molecule has 0 aliphatic heterocycles. The number of rotatable bonds is 1. The van der Waals surface area contributed by atoms with Gasteiger partial charge < -0.3 is 19.6 Å². The Kier molecular flexibility index (Phi) is 57.8. The number of hydrogen-bond acceptors (Lipinski definition) is 2. The van der Waals surface area contributed by atoms with Gasteiger partial charge in [-0.25, -0.2) is 0 Å². The van der Waals surface area contributed by atoms with Crippen molar-refractivity contribution >= 4 is 12.1 Å². The summed E-state index contributed by atoms with van der Waals surface area (Å²) in [6, 6.07) is 19.5. The summed E-state index contributed by atoms with van der Waals surface area (Å²) in [7, 11) is 0. The van der Waals surface area contributed by atoms with Crippen molar-refractivity contribution in [2.24, 2.45) is 0 Å². The van der Waals surface area contributed by atoms with Crippen molar-refractivity contribution in [2.45, 2.75) is 20.8 Å². The second-order valence-electron chi connectivity index (χ2n) is 3.78. The summed E-state index contributed by atoms with van der Waals surface area (Å²) in [5.41, 5.74) is 2.10. The molecule has 25 heavy (non-hydrogen) atoms. The van der Waals surface area contributed by atoms with Crippen LogP contribution in [0.15, 0.2) is 60.7 Å². The molecule has 2 aromatic rings. The Labute approximate surface area is 219 Å². The van der Waals surface area contributed by atoms with Gasteiger partial charge in [-0.1, -0.05) is 66.2 Å². The maximum absolute atomic E-state index is 10.6. The van der Waals surface area contributed by atoms with E-state index in [9.17, 15) is 4.79 Å². The third-order valence-electron chi connectivity index (χ3n) is 2.12. The third-order valence-corrected chi connectivity index (χ3v) is 2.12. The first kappa shape index (κ1) is 44.8. The van der Waals surface area contributed by atoms with Crippen molar-refractivity contribution in [1.82, 2.24) is 0 Å². The largest absolute Gasteiger partial charge is 0.542 e. The van der Waals surface area contributed by atoms with Crippen LogP contribution in [0.2, 0.25) is 0 Å². The second-order valence-corrected chi connectivity index (χ2v) is 3.78. The molecule has 2 nitrogen and oxygen atoms in total. The van der Waals surface area contributed by atoms with E-state index >= 15 is 0 Å². The number of halogens is 1. The normalized spacial score (nSPS) is 6.20. The SMILES string of the molecule is CC(=O)c1ccccc1.C[C-]=O.Cc1ccccc1.F.[CH3-].[CH3-].[HH].[W].[Y].[Y]. The van der Waals surface area contributed by atoms with Gasteiger partial charge in [-0.15, -0.1) is 0 Å². The van der Waals surface area contributed by atoms with E-state index in [0.29, 0.717) is 0 Å². The quantitative estimate of drug-likeness (QED) is 0.306. The first-order chi connectivity index (χ1) is 9.11. The van der Waals surface area contributed by atoms with Crippen LogP contribution in [0, 0.1) is 21.8 Å². The fraction of sp³-hybridized carbons (Fsp3) is 0.158. The number of carbonyl (C=O) groups excluding carboxylic acids is 2. The van der Waals surface area contributed by atoms with Crippen LogP contribution < -0.4 is 0 Å². The molecule has 0 saturated heterocycles. The smallest absolute Gasteiger partial charge is 0.159 e. The minimum absolute atomic E-state index is 0. The van der Waals surface area contributed by atoms with Crippen LogP contribution >= 0.6 is 0 Å². The van der Waals surface area contributed by atoms with Crippen LogP contribution in [0.4, 0.5) is 4.70 Å². The molecule has 6 heteroatoms. The monoisotopic (exact) mass is 669 g/mol. The minimum atomic E-state index is 0.